The molecule has 0 spiro atoms. The lowest BCUT2D eigenvalue weighted by Gasteiger charge is -2.09. The number of benzene rings is 1. The lowest BCUT2D eigenvalue weighted by Crippen LogP contribution is -2.31. The van der Waals surface area contributed by atoms with Crippen molar-refractivity contribution in [3.05, 3.63) is 29.8 Å². The van der Waals surface area contributed by atoms with E-state index in [2.05, 4.69) is 38.1 Å². The van der Waals surface area contributed by atoms with Gasteiger partial charge in [0.1, 0.15) is 0 Å². The minimum absolute atomic E-state index is 0.321. The van der Waals surface area contributed by atoms with E-state index in [-0.39, 0.29) is 0 Å². The monoisotopic (exact) mass is 160 g/mol. The highest BCUT2D eigenvalue weighted by molar-refractivity contribution is 6.70. The van der Waals surface area contributed by atoms with Crippen molar-refractivity contribution in [2.45, 2.75) is 26.3 Å². The minimum Gasteiger partial charge on any atom is -0.426 e. The van der Waals surface area contributed by atoms with Gasteiger partial charge in [-0.3, -0.25) is 0 Å². The van der Waals surface area contributed by atoms with Gasteiger partial charge in [0.25, 0.3) is 0 Å². The topological polar surface area (TPSA) is 9.23 Å². The van der Waals surface area contributed by atoms with Gasteiger partial charge in [0.05, 0.1) is 6.61 Å². The first-order valence-electron chi connectivity index (χ1n) is 4.48. The Hall–Kier alpha value is -0.755. The molecule has 0 saturated carbocycles. The van der Waals surface area contributed by atoms with E-state index in [0.717, 1.165) is 6.61 Å². The highest BCUT2D eigenvalue weighted by atomic mass is 16.4. The summed E-state index contributed by atoms with van der Waals surface area (Å²) in [5.41, 5.74) is 2.74. The van der Waals surface area contributed by atoms with Crippen LogP contribution in [-0.4, -0.2) is 6.92 Å². The molecule has 1 nitrogen and oxygen atoms in total. The number of rotatable bonds is 1. The molecule has 0 aromatic heterocycles. The summed E-state index contributed by atoms with van der Waals surface area (Å²) >= 11 is 0. The molecule has 0 bridgehead atoms. The van der Waals surface area contributed by atoms with Crippen molar-refractivity contribution in [1.82, 2.24) is 0 Å². The molecule has 0 radical (unpaired) electrons. The van der Waals surface area contributed by atoms with E-state index in [1.165, 1.54) is 11.0 Å². The van der Waals surface area contributed by atoms with Crippen molar-refractivity contribution in [1.29, 1.82) is 0 Å². The Morgan fingerprint density at radius 1 is 1.33 bits per heavy atom. The van der Waals surface area contributed by atoms with Gasteiger partial charge in [-0.15, -0.1) is 0 Å². The summed E-state index contributed by atoms with van der Waals surface area (Å²) in [5.74, 6) is 0.577. The van der Waals surface area contributed by atoms with Crippen LogP contribution < -0.4 is 5.46 Å². The fraction of sp³-hybridized carbons (Fsp3) is 0.400. The summed E-state index contributed by atoms with van der Waals surface area (Å²) < 4.78 is 5.68. The smallest absolute Gasteiger partial charge is 0.330 e. The van der Waals surface area contributed by atoms with Crippen molar-refractivity contribution >= 4 is 12.4 Å². The second-order valence-corrected chi connectivity index (χ2v) is 3.67. The summed E-state index contributed by atoms with van der Waals surface area (Å²) in [6, 6.07) is 8.48. The van der Waals surface area contributed by atoms with Crippen LogP contribution in [-0.2, 0) is 11.3 Å². The zero-order valence-corrected chi connectivity index (χ0v) is 7.58. The standard InChI is InChI=1S/C10H13BO/c1-8(2)11-10-6-4-3-5-9(10)7-12-11/h3-6,8H,7H2,1-2H3. The molecule has 1 aliphatic rings. The van der Waals surface area contributed by atoms with Crippen LogP contribution in [0.25, 0.3) is 0 Å². The molecular formula is C10H13BO. The van der Waals surface area contributed by atoms with E-state index < -0.39 is 0 Å². The van der Waals surface area contributed by atoms with Gasteiger partial charge in [0, 0.05) is 0 Å². The molecule has 0 fully saturated rings. The van der Waals surface area contributed by atoms with Gasteiger partial charge < -0.3 is 4.65 Å². The van der Waals surface area contributed by atoms with Gasteiger partial charge >= 0.3 is 6.92 Å². The minimum atomic E-state index is 0.321. The van der Waals surface area contributed by atoms with Crippen LogP contribution in [0.15, 0.2) is 24.3 Å². The molecule has 0 aliphatic carbocycles. The number of hydrogen-bond donors (Lipinski definition) is 0. The quantitative estimate of drug-likeness (QED) is 0.569. The summed E-state index contributed by atoms with van der Waals surface area (Å²) in [6.07, 6.45) is 0. The molecule has 0 amide bonds. The van der Waals surface area contributed by atoms with Crippen LogP contribution in [0.5, 0.6) is 0 Å². The first-order chi connectivity index (χ1) is 5.79. The molecule has 0 saturated heterocycles. The van der Waals surface area contributed by atoms with Crippen LogP contribution >= 0.6 is 0 Å². The molecule has 1 heterocycles. The molecule has 0 unspecified atom stereocenters. The summed E-state index contributed by atoms with van der Waals surface area (Å²) in [4.78, 5) is 0. The second-order valence-electron chi connectivity index (χ2n) is 3.67. The molecule has 12 heavy (non-hydrogen) atoms. The van der Waals surface area contributed by atoms with Crippen LogP contribution in [0.1, 0.15) is 19.4 Å². The average Bonchev–Trinajstić information content (AvgIpc) is 2.47. The molecule has 0 atom stereocenters. The van der Waals surface area contributed by atoms with Gasteiger partial charge in [-0.05, 0) is 16.8 Å². The van der Waals surface area contributed by atoms with E-state index in [1.54, 1.807) is 0 Å². The summed E-state index contributed by atoms with van der Waals surface area (Å²) in [7, 11) is 0. The zero-order chi connectivity index (χ0) is 8.55. The van der Waals surface area contributed by atoms with E-state index >= 15 is 0 Å². The predicted molar refractivity (Wildman–Crippen MR) is 51.7 cm³/mol. The maximum atomic E-state index is 5.68. The van der Waals surface area contributed by atoms with E-state index in [1.807, 2.05) is 0 Å². The Morgan fingerprint density at radius 3 is 2.83 bits per heavy atom. The van der Waals surface area contributed by atoms with Crippen molar-refractivity contribution in [2.75, 3.05) is 0 Å². The maximum Gasteiger partial charge on any atom is 0.330 e. The normalized spacial score (nSPS) is 15.4. The highest BCUT2D eigenvalue weighted by Gasteiger charge is 2.29. The number of hydrogen-bond acceptors (Lipinski definition) is 1. The van der Waals surface area contributed by atoms with Gasteiger partial charge in [0.15, 0.2) is 0 Å². The van der Waals surface area contributed by atoms with Crippen molar-refractivity contribution in [3.8, 4) is 0 Å². The lowest BCUT2D eigenvalue weighted by atomic mass is 9.53. The van der Waals surface area contributed by atoms with Crippen LogP contribution in [0.3, 0.4) is 0 Å². The molecule has 0 N–H and O–H groups in total. The Bertz CT molecular complexity index is 283. The fourth-order valence-corrected chi connectivity index (χ4v) is 1.76. The number of fused-ring (bicyclic) bond motifs is 1. The molecule has 1 aromatic carbocycles. The highest BCUT2D eigenvalue weighted by Crippen LogP contribution is 2.18. The maximum absolute atomic E-state index is 5.68. The largest absolute Gasteiger partial charge is 0.426 e. The SMILES string of the molecule is CC(C)B1OCc2ccccc21. The third kappa shape index (κ3) is 1.16. The van der Waals surface area contributed by atoms with Crippen LogP contribution in [0, 0.1) is 0 Å². The van der Waals surface area contributed by atoms with Crippen molar-refractivity contribution in [2.24, 2.45) is 0 Å². The van der Waals surface area contributed by atoms with Crippen molar-refractivity contribution in [3.63, 3.8) is 0 Å². The first-order valence-corrected chi connectivity index (χ1v) is 4.48. The van der Waals surface area contributed by atoms with Crippen LogP contribution in [0.4, 0.5) is 0 Å². The predicted octanol–water partition coefficient (Wildman–Crippen LogP) is 1.83. The second kappa shape index (κ2) is 2.94. The fourth-order valence-electron chi connectivity index (χ4n) is 1.76. The third-order valence-electron chi connectivity index (χ3n) is 2.39. The van der Waals surface area contributed by atoms with Crippen molar-refractivity contribution < 1.29 is 4.65 Å². The zero-order valence-electron chi connectivity index (χ0n) is 7.58. The molecule has 62 valence electrons. The molecule has 2 rings (SSSR count). The Labute approximate surface area is 73.9 Å². The van der Waals surface area contributed by atoms with Gasteiger partial charge in [0.2, 0.25) is 0 Å². The Kier molecular flexibility index (Phi) is 1.93. The van der Waals surface area contributed by atoms with E-state index in [4.69, 9.17) is 4.65 Å². The van der Waals surface area contributed by atoms with E-state index in [0.29, 0.717) is 12.7 Å². The molecule has 1 aromatic rings. The summed E-state index contributed by atoms with van der Waals surface area (Å²) in [5, 5.41) is 0. The van der Waals surface area contributed by atoms with Gasteiger partial charge in [-0.2, -0.15) is 0 Å². The van der Waals surface area contributed by atoms with Crippen LogP contribution in [0.2, 0.25) is 5.82 Å². The molecule has 2 heteroatoms. The third-order valence-corrected chi connectivity index (χ3v) is 2.39. The van der Waals surface area contributed by atoms with E-state index in [9.17, 15) is 0 Å². The van der Waals surface area contributed by atoms with Gasteiger partial charge in [-0.25, -0.2) is 0 Å². The summed E-state index contributed by atoms with van der Waals surface area (Å²) in [6.45, 7) is 5.51. The first kappa shape index (κ1) is 7.87. The lowest BCUT2D eigenvalue weighted by molar-refractivity contribution is 0.325. The molecule has 1 aliphatic heterocycles. The average molecular weight is 160 g/mol. The molecular weight excluding hydrogens is 147 g/mol. The Morgan fingerprint density at radius 2 is 2.08 bits per heavy atom. The van der Waals surface area contributed by atoms with Gasteiger partial charge in [-0.1, -0.05) is 38.1 Å². The Balaban J connectivity index is 2.36.